The second-order valence-electron chi connectivity index (χ2n) is 5.08. The monoisotopic (exact) mass is 278 g/mol. The first-order valence-corrected chi connectivity index (χ1v) is 8.10. The molecule has 104 valence electrons. The molecule has 1 aromatic carbocycles. The van der Waals surface area contributed by atoms with Crippen molar-refractivity contribution < 1.29 is 4.79 Å². The second kappa shape index (κ2) is 6.85. The second-order valence-corrected chi connectivity index (χ2v) is 6.30. The summed E-state index contributed by atoms with van der Waals surface area (Å²) in [5.41, 5.74) is 8.63. The number of carbonyl (C=O) groups is 1. The van der Waals surface area contributed by atoms with E-state index in [0.717, 1.165) is 36.2 Å². The van der Waals surface area contributed by atoms with Crippen LogP contribution in [0.5, 0.6) is 0 Å². The number of hydrogen-bond donors (Lipinski definition) is 2. The van der Waals surface area contributed by atoms with E-state index in [1.54, 1.807) is 0 Å². The van der Waals surface area contributed by atoms with Gasteiger partial charge in [-0.25, -0.2) is 0 Å². The van der Waals surface area contributed by atoms with Crippen LogP contribution in [0.15, 0.2) is 18.2 Å². The molecule has 1 fully saturated rings. The summed E-state index contributed by atoms with van der Waals surface area (Å²) < 4.78 is 0. The number of benzene rings is 1. The van der Waals surface area contributed by atoms with Gasteiger partial charge in [-0.15, -0.1) is 0 Å². The summed E-state index contributed by atoms with van der Waals surface area (Å²) in [7, 11) is 0. The summed E-state index contributed by atoms with van der Waals surface area (Å²) in [6.07, 6.45) is 3.87. The molecule has 0 saturated carbocycles. The Labute approximate surface area is 119 Å². The van der Waals surface area contributed by atoms with Gasteiger partial charge in [-0.2, -0.15) is 11.8 Å². The molecule has 0 unspecified atom stereocenters. The normalized spacial score (nSPS) is 16.3. The van der Waals surface area contributed by atoms with Gasteiger partial charge in [0, 0.05) is 17.8 Å². The number of rotatable bonds is 4. The summed E-state index contributed by atoms with van der Waals surface area (Å²) in [6, 6.07) is 5.78. The van der Waals surface area contributed by atoms with Crippen LogP contribution in [-0.2, 0) is 11.2 Å². The van der Waals surface area contributed by atoms with Crippen molar-refractivity contribution >= 4 is 29.0 Å². The van der Waals surface area contributed by atoms with Crippen LogP contribution in [0.1, 0.15) is 31.7 Å². The van der Waals surface area contributed by atoms with Gasteiger partial charge in [0.1, 0.15) is 0 Å². The van der Waals surface area contributed by atoms with Crippen molar-refractivity contribution in [1.29, 1.82) is 0 Å². The molecular formula is C15H22N2OS. The third-order valence-electron chi connectivity index (χ3n) is 3.63. The topological polar surface area (TPSA) is 55.1 Å². The molecule has 1 aromatic rings. The third-order valence-corrected chi connectivity index (χ3v) is 4.67. The molecule has 0 atom stereocenters. The number of nitrogen functional groups attached to an aromatic ring is 1. The minimum Gasteiger partial charge on any atom is -0.398 e. The molecule has 0 bridgehead atoms. The molecule has 1 aliphatic rings. The maximum Gasteiger partial charge on any atom is 0.224 e. The Morgan fingerprint density at radius 1 is 1.42 bits per heavy atom. The highest BCUT2D eigenvalue weighted by molar-refractivity contribution is 7.99. The number of amides is 1. The Balaban J connectivity index is 1.89. The zero-order chi connectivity index (χ0) is 13.7. The molecule has 3 nitrogen and oxygen atoms in total. The fourth-order valence-electron chi connectivity index (χ4n) is 2.42. The number of anilines is 2. The van der Waals surface area contributed by atoms with E-state index in [4.69, 9.17) is 5.73 Å². The maximum absolute atomic E-state index is 12.0. The van der Waals surface area contributed by atoms with E-state index in [1.165, 1.54) is 11.5 Å². The van der Waals surface area contributed by atoms with Crippen LogP contribution in [0, 0.1) is 5.92 Å². The molecule has 2 rings (SSSR count). The Kier molecular flexibility index (Phi) is 5.14. The smallest absolute Gasteiger partial charge is 0.224 e. The molecule has 1 heterocycles. The van der Waals surface area contributed by atoms with Crippen LogP contribution < -0.4 is 11.1 Å². The van der Waals surface area contributed by atoms with Crippen molar-refractivity contribution in [3.8, 4) is 0 Å². The van der Waals surface area contributed by atoms with Gasteiger partial charge in [-0.1, -0.05) is 13.0 Å². The quantitative estimate of drug-likeness (QED) is 0.831. The first-order chi connectivity index (χ1) is 9.19. The summed E-state index contributed by atoms with van der Waals surface area (Å²) in [5.74, 6) is 3.04. The van der Waals surface area contributed by atoms with Crippen molar-refractivity contribution in [3.05, 3.63) is 23.8 Å². The van der Waals surface area contributed by atoms with Crippen molar-refractivity contribution in [3.63, 3.8) is 0 Å². The van der Waals surface area contributed by atoms with Crippen LogP contribution in [0.4, 0.5) is 11.4 Å². The summed E-state index contributed by atoms with van der Waals surface area (Å²) >= 11 is 1.99. The minimum absolute atomic E-state index is 0.112. The Bertz CT molecular complexity index is 442. The van der Waals surface area contributed by atoms with Crippen molar-refractivity contribution in [2.24, 2.45) is 5.92 Å². The van der Waals surface area contributed by atoms with Crippen molar-refractivity contribution in [2.75, 3.05) is 22.6 Å². The van der Waals surface area contributed by atoms with Gasteiger partial charge in [0.05, 0.1) is 0 Å². The molecule has 1 aliphatic heterocycles. The molecule has 0 spiro atoms. The lowest BCUT2D eigenvalue weighted by Crippen LogP contribution is -2.19. The van der Waals surface area contributed by atoms with E-state index < -0.39 is 0 Å². The molecule has 3 N–H and O–H groups in total. The fourth-order valence-corrected chi connectivity index (χ4v) is 3.62. The minimum atomic E-state index is 0.112. The largest absolute Gasteiger partial charge is 0.398 e. The molecule has 1 saturated heterocycles. The van der Waals surface area contributed by atoms with Crippen LogP contribution in [0.2, 0.25) is 0 Å². The number of aryl methyl sites for hydroxylation is 1. The van der Waals surface area contributed by atoms with E-state index in [1.807, 2.05) is 30.0 Å². The zero-order valence-electron chi connectivity index (χ0n) is 11.4. The van der Waals surface area contributed by atoms with Gasteiger partial charge >= 0.3 is 0 Å². The molecular weight excluding hydrogens is 256 g/mol. The molecule has 0 aromatic heterocycles. The fraction of sp³-hybridized carbons (Fsp3) is 0.533. The summed E-state index contributed by atoms with van der Waals surface area (Å²) in [6.45, 7) is 2.07. The molecule has 0 aliphatic carbocycles. The van der Waals surface area contributed by atoms with Gasteiger partial charge in [-0.05, 0) is 54.4 Å². The highest BCUT2D eigenvalue weighted by Crippen LogP contribution is 2.26. The standard InChI is InChI=1S/C15H22N2OS/c1-2-12-3-4-13(10-14(12)16)17-15(18)9-11-5-7-19-8-6-11/h3-4,10-11H,2,5-9,16H2,1H3,(H,17,18). The average molecular weight is 278 g/mol. The molecule has 1 amide bonds. The number of nitrogens with one attached hydrogen (secondary N) is 1. The van der Waals surface area contributed by atoms with Gasteiger partial charge in [0.2, 0.25) is 5.91 Å². The van der Waals surface area contributed by atoms with Crippen LogP contribution in [0.3, 0.4) is 0 Å². The number of hydrogen-bond acceptors (Lipinski definition) is 3. The number of nitrogens with two attached hydrogens (primary N) is 1. The maximum atomic E-state index is 12.0. The molecule has 0 radical (unpaired) electrons. The first kappa shape index (κ1) is 14.3. The summed E-state index contributed by atoms with van der Waals surface area (Å²) in [5, 5.41) is 2.96. The predicted octanol–water partition coefficient (Wildman–Crippen LogP) is 3.30. The van der Waals surface area contributed by atoms with Gasteiger partial charge in [0.15, 0.2) is 0 Å². The lowest BCUT2D eigenvalue weighted by molar-refractivity contribution is -0.117. The van der Waals surface area contributed by atoms with Gasteiger partial charge in [-0.3, -0.25) is 4.79 Å². The predicted molar refractivity (Wildman–Crippen MR) is 83.5 cm³/mol. The van der Waals surface area contributed by atoms with Crippen LogP contribution >= 0.6 is 11.8 Å². The van der Waals surface area contributed by atoms with Crippen LogP contribution in [-0.4, -0.2) is 17.4 Å². The van der Waals surface area contributed by atoms with Gasteiger partial charge < -0.3 is 11.1 Å². The molecule has 4 heteroatoms. The van der Waals surface area contributed by atoms with E-state index in [-0.39, 0.29) is 5.91 Å². The van der Waals surface area contributed by atoms with E-state index in [9.17, 15) is 4.79 Å². The van der Waals surface area contributed by atoms with Crippen molar-refractivity contribution in [1.82, 2.24) is 0 Å². The van der Waals surface area contributed by atoms with E-state index in [2.05, 4.69) is 12.2 Å². The van der Waals surface area contributed by atoms with Crippen LogP contribution in [0.25, 0.3) is 0 Å². The lowest BCUT2D eigenvalue weighted by Gasteiger charge is -2.20. The Hall–Kier alpha value is -1.16. The summed E-state index contributed by atoms with van der Waals surface area (Å²) in [4.78, 5) is 12.0. The van der Waals surface area contributed by atoms with E-state index in [0.29, 0.717) is 12.3 Å². The zero-order valence-corrected chi connectivity index (χ0v) is 12.3. The highest BCUT2D eigenvalue weighted by atomic mass is 32.2. The Morgan fingerprint density at radius 2 is 2.16 bits per heavy atom. The SMILES string of the molecule is CCc1ccc(NC(=O)CC2CCSCC2)cc1N. The Morgan fingerprint density at radius 3 is 2.79 bits per heavy atom. The molecule has 19 heavy (non-hydrogen) atoms. The highest BCUT2D eigenvalue weighted by Gasteiger charge is 2.17. The average Bonchev–Trinajstić information content (AvgIpc) is 2.40. The number of thioether (sulfide) groups is 1. The third kappa shape index (κ3) is 4.16. The van der Waals surface area contributed by atoms with E-state index >= 15 is 0 Å². The van der Waals surface area contributed by atoms with Crippen molar-refractivity contribution in [2.45, 2.75) is 32.6 Å². The van der Waals surface area contributed by atoms with Gasteiger partial charge in [0.25, 0.3) is 0 Å². The first-order valence-electron chi connectivity index (χ1n) is 6.95. The number of carbonyl (C=O) groups excluding carboxylic acids is 1. The lowest BCUT2D eigenvalue weighted by atomic mass is 9.98.